The highest BCUT2D eigenvalue weighted by molar-refractivity contribution is 5.99. The monoisotopic (exact) mass is 350 g/mol. The minimum Gasteiger partial charge on any atom is -0.468 e. The van der Waals surface area contributed by atoms with Crippen LogP contribution in [-0.2, 0) is 0 Å². The second-order valence-electron chi connectivity index (χ2n) is 6.51. The molecule has 1 aliphatic rings. The summed E-state index contributed by atoms with van der Waals surface area (Å²) in [7, 11) is 0. The summed E-state index contributed by atoms with van der Waals surface area (Å²) >= 11 is 0. The minimum absolute atomic E-state index is 0.0588. The highest BCUT2D eigenvalue weighted by Gasteiger charge is 2.26. The Morgan fingerprint density at radius 2 is 2.00 bits per heavy atom. The molecule has 1 aromatic carbocycles. The molecular weight excluding hydrogens is 328 g/mol. The molecule has 1 unspecified atom stereocenters. The molecule has 1 atom stereocenters. The smallest absolute Gasteiger partial charge is 0.255 e. The van der Waals surface area contributed by atoms with Gasteiger partial charge < -0.3 is 9.73 Å². The quantitative estimate of drug-likeness (QED) is 0.716. The highest BCUT2D eigenvalue weighted by Crippen LogP contribution is 2.25. The van der Waals surface area contributed by atoms with E-state index in [1.54, 1.807) is 12.5 Å². The van der Waals surface area contributed by atoms with Crippen LogP contribution in [0.1, 0.15) is 35.0 Å². The number of nitrogens with one attached hydrogen (secondary N) is 2. The van der Waals surface area contributed by atoms with Gasteiger partial charge in [0.15, 0.2) is 0 Å². The highest BCUT2D eigenvalue weighted by atomic mass is 16.3. The van der Waals surface area contributed by atoms with Gasteiger partial charge in [-0.3, -0.25) is 14.8 Å². The largest absolute Gasteiger partial charge is 0.468 e. The van der Waals surface area contributed by atoms with E-state index in [4.69, 9.17) is 4.42 Å². The van der Waals surface area contributed by atoms with Gasteiger partial charge in [-0.2, -0.15) is 5.10 Å². The number of nitrogens with zero attached hydrogens (tertiary/aromatic N) is 2. The molecule has 3 heterocycles. The third kappa shape index (κ3) is 3.41. The van der Waals surface area contributed by atoms with Gasteiger partial charge in [0.25, 0.3) is 5.91 Å². The number of H-pyrrole nitrogens is 1. The van der Waals surface area contributed by atoms with E-state index in [0.29, 0.717) is 12.1 Å². The number of hydrogen-bond donors (Lipinski definition) is 2. The maximum Gasteiger partial charge on any atom is 0.255 e. The predicted molar refractivity (Wildman–Crippen MR) is 98.6 cm³/mol. The van der Waals surface area contributed by atoms with Gasteiger partial charge in [-0.15, -0.1) is 0 Å². The molecule has 26 heavy (non-hydrogen) atoms. The van der Waals surface area contributed by atoms with Crippen LogP contribution < -0.4 is 5.32 Å². The SMILES string of the molecule is O=C(NCC(c1ccco1)N1CCCC1)c1cn[nH]c1-c1ccccc1. The second-order valence-corrected chi connectivity index (χ2v) is 6.51. The average Bonchev–Trinajstić information content (AvgIpc) is 3.44. The normalized spacial score (nSPS) is 15.8. The van der Waals surface area contributed by atoms with Gasteiger partial charge in [-0.1, -0.05) is 30.3 Å². The van der Waals surface area contributed by atoms with Crippen molar-refractivity contribution in [3.63, 3.8) is 0 Å². The molecule has 0 aliphatic carbocycles. The molecule has 1 aliphatic heterocycles. The number of aromatic nitrogens is 2. The van der Waals surface area contributed by atoms with Crippen LogP contribution in [0.4, 0.5) is 0 Å². The molecule has 1 saturated heterocycles. The van der Waals surface area contributed by atoms with E-state index in [9.17, 15) is 4.79 Å². The second kappa shape index (κ2) is 7.58. The van der Waals surface area contributed by atoms with Gasteiger partial charge >= 0.3 is 0 Å². The Balaban J connectivity index is 1.49. The number of furan rings is 1. The van der Waals surface area contributed by atoms with Gasteiger partial charge in [-0.05, 0) is 38.1 Å². The number of hydrogen-bond acceptors (Lipinski definition) is 4. The topological polar surface area (TPSA) is 74.2 Å². The van der Waals surface area contributed by atoms with Gasteiger partial charge in [0.1, 0.15) is 5.76 Å². The van der Waals surface area contributed by atoms with Crippen LogP contribution in [0.2, 0.25) is 0 Å². The van der Waals surface area contributed by atoms with Crippen molar-refractivity contribution >= 4 is 5.91 Å². The molecule has 4 rings (SSSR count). The van der Waals surface area contributed by atoms with Crippen molar-refractivity contribution < 1.29 is 9.21 Å². The van der Waals surface area contributed by atoms with Gasteiger partial charge in [-0.25, -0.2) is 0 Å². The summed E-state index contributed by atoms with van der Waals surface area (Å²) in [4.78, 5) is 15.1. The van der Waals surface area contributed by atoms with Crippen LogP contribution in [0.3, 0.4) is 0 Å². The summed E-state index contributed by atoms with van der Waals surface area (Å²) in [6.07, 6.45) is 5.63. The zero-order valence-corrected chi connectivity index (χ0v) is 14.5. The van der Waals surface area contributed by atoms with Crippen LogP contribution in [0, 0.1) is 0 Å². The summed E-state index contributed by atoms with van der Waals surface area (Å²) in [5, 5.41) is 10.1. The van der Waals surface area contributed by atoms with Crippen molar-refractivity contribution in [1.29, 1.82) is 0 Å². The zero-order valence-electron chi connectivity index (χ0n) is 14.5. The number of carbonyl (C=O) groups excluding carboxylic acids is 1. The Morgan fingerprint density at radius 3 is 2.73 bits per heavy atom. The maximum atomic E-state index is 12.8. The number of amides is 1. The third-order valence-electron chi connectivity index (χ3n) is 4.86. The van der Waals surface area contributed by atoms with Crippen LogP contribution in [0.15, 0.2) is 59.3 Å². The summed E-state index contributed by atoms with van der Waals surface area (Å²) < 4.78 is 5.61. The molecule has 0 radical (unpaired) electrons. The lowest BCUT2D eigenvalue weighted by molar-refractivity contribution is 0.0934. The first-order valence-corrected chi connectivity index (χ1v) is 8.97. The lowest BCUT2D eigenvalue weighted by Crippen LogP contribution is -2.36. The Labute approximate surface area is 152 Å². The number of carbonyl (C=O) groups is 1. The van der Waals surface area contributed by atoms with Crippen molar-refractivity contribution in [2.45, 2.75) is 18.9 Å². The zero-order chi connectivity index (χ0) is 17.8. The van der Waals surface area contributed by atoms with E-state index >= 15 is 0 Å². The van der Waals surface area contributed by atoms with Crippen LogP contribution in [0.25, 0.3) is 11.3 Å². The van der Waals surface area contributed by atoms with E-state index in [1.807, 2.05) is 42.5 Å². The Hall–Kier alpha value is -2.86. The summed E-state index contributed by atoms with van der Waals surface area (Å²) in [6, 6.07) is 13.7. The number of aromatic amines is 1. The first-order valence-electron chi connectivity index (χ1n) is 8.97. The standard InChI is InChI=1S/C20H22N4O2/c25-20(16-13-22-23-19(16)15-7-2-1-3-8-15)21-14-17(18-9-6-12-26-18)24-10-4-5-11-24/h1-3,6-9,12-13,17H,4-5,10-11,14H2,(H,21,25)(H,22,23). The summed E-state index contributed by atoms with van der Waals surface area (Å²) in [5.74, 6) is 0.760. The van der Waals surface area contributed by atoms with E-state index in [1.165, 1.54) is 12.8 Å². The molecular formula is C20H22N4O2. The molecule has 1 amide bonds. The summed E-state index contributed by atoms with van der Waals surface area (Å²) in [5.41, 5.74) is 2.23. The molecule has 134 valence electrons. The molecule has 6 nitrogen and oxygen atoms in total. The van der Waals surface area contributed by atoms with Crippen molar-refractivity contribution in [2.24, 2.45) is 0 Å². The van der Waals surface area contributed by atoms with Gasteiger partial charge in [0.2, 0.25) is 0 Å². The van der Waals surface area contributed by atoms with Gasteiger partial charge in [0, 0.05) is 12.1 Å². The maximum absolute atomic E-state index is 12.8. The molecule has 0 bridgehead atoms. The summed E-state index contributed by atoms with van der Waals surface area (Å²) in [6.45, 7) is 2.57. The first-order chi connectivity index (χ1) is 12.8. The lowest BCUT2D eigenvalue weighted by atomic mass is 10.1. The van der Waals surface area contributed by atoms with Crippen molar-refractivity contribution in [1.82, 2.24) is 20.4 Å². The molecule has 2 N–H and O–H groups in total. The lowest BCUT2D eigenvalue weighted by Gasteiger charge is -2.26. The average molecular weight is 350 g/mol. The Bertz CT molecular complexity index is 836. The number of likely N-dealkylation sites (tertiary alicyclic amines) is 1. The van der Waals surface area contributed by atoms with Crippen LogP contribution in [-0.4, -0.2) is 40.6 Å². The van der Waals surface area contributed by atoms with Crippen molar-refractivity contribution in [3.8, 4) is 11.3 Å². The van der Waals surface area contributed by atoms with Crippen molar-refractivity contribution in [3.05, 3.63) is 66.2 Å². The fraction of sp³-hybridized carbons (Fsp3) is 0.300. The predicted octanol–water partition coefficient (Wildman–Crippen LogP) is 3.24. The molecule has 2 aromatic heterocycles. The fourth-order valence-electron chi connectivity index (χ4n) is 3.51. The van der Waals surface area contributed by atoms with E-state index < -0.39 is 0 Å². The minimum atomic E-state index is -0.131. The number of benzene rings is 1. The Morgan fingerprint density at radius 1 is 1.19 bits per heavy atom. The van der Waals surface area contributed by atoms with Gasteiger partial charge in [0.05, 0.1) is 29.8 Å². The molecule has 6 heteroatoms. The van der Waals surface area contributed by atoms with Crippen LogP contribution >= 0.6 is 0 Å². The van der Waals surface area contributed by atoms with E-state index in [-0.39, 0.29) is 11.9 Å². The molecule has 1 fully saturated rings. The molecule has 0 saturated carbocycles. The molecule has 0 spiro atoms. The van der Waals surface area contributed by atoms with Crippen molar-refractivity contribution in [2.75, 3.05) is 19.6 Å². The van der Waals surface area contributed by atoms with E-state index in [0.717, 1.165) is 30.1 Å². The third-order valence-corrected chi connectivity index (χ3v) is 4.86. The first kappa shape index (κ1) is 16.6. The molecule has 3 aromatic rings. The number of rotatable bonds is 6. The Kier molecular flexibility index (Phi) is 4.84. The van der Waals surface area contributed by atoms with E-state index in [2.05, 4.69) is 20.4 Å². The van der Waals surface area contributed by atoms with Crippen LogP contribution in [0.5, 0.6) is 0 Å². The fourth-order valence-corrected chi connectivity index (χ4v) is 3.51.